The van der Waals surface area contributed by atoms with E-state index in [1.165, 1.54) is 6.42 Å². The Morgan fingerprint density at radius 2 is 2.44 bits per heavy atom. The van der Waals surface area contributed by atoms with E-state index in [9.17, 15) is 0 Å². The van der Waals surface area contributed by atoms with Gasteiger partial charge in [-0.15, -0.1) is 11.3 Å². The first kappa shape index (κ1) is 12.5. The number of nitrogens with zero attached hydrogens (tertiary/aromatic N) is 1. The van der Waals surface area contributed by atoms with Crippen molar-refractivity contribution < 1.29 is 4.74 Å². The lowest BCUT2D eigenvalue weighted by molar-refractivity contribution is 0.177. The highest BCUT2D eigenvalue weighted by atomic mass is 79.9. The van der Waals surface area contributed by atoms with Crippen LogP contribution in [0.25, 0.3) is 0 Å². The second-order valence-electron chi connectivity index (χ2n) is 4.30. The van der Waals surface area contributed by atoms with Gasteiger partial charge >= 0.3 is 0 Å². The van der Waals surface area contributed by atoms with E-state index in [0.29, 0.717) is 18.0 Å². The van der Waals surface area contributed by atoms with Gasteiger partial charge in [0.2, 0.25) is 0 Å². The lowest BCUT2D eigenvalue weighted by Gasteiger charge is -2.22. The molecule has 2 heterocycles. The Hall–Kier alpha value is 0.0300. The maximum atomic E-state index is 5.41. The van der Waals surface area contributed by atoms with Crippen molar-refractivity contribution in [3.8, 4) is 0 Å². The normalized spacial score (nSPS) is 24.6. The van der Waals surface area contributed by atoms with Crippen LogP contribution < -0.4 is 5.32 Å². The van der Waals surface area contributed by atoms with Crippen LogP contribution in [0.3, 0.4) is 0 Å². The van der Waals surface area contributed by atoms with Crippen molar-refractivity contribution in [3.63, 3.8) is 0 Å². The van der Waals surface area contributed by atoms with Gasteiger partial charge in [-0.3, -0.25) is 0 Å². The van der Waals surface area contributed by atoms with Crippen molar-refractivity contribution in [2.24, 2.45) is 5.92 Å². The molecule has 1 aromatic rings. The summed E-state index contributed by atoms with van der Waals surface area (Å²) in [4.78, 5) is 4.37. The Kier molecular flexibility index (Phi) is 4.35. The van der Waals surface area contributed by atoms with E-state index >= 15 is 0 Å². The summed E-state index contributed by atoms with van der Waals surface area (Å²) in [6.07, 6.45) is 3.03. The van der Waals surface area contributed by atoms with E-state index < -0.39 is 0 Å². The molecule has 0 aliphatic carbocycles. The molecular formula is C11H17BrN2OS. The molecule has 0 spiro atoms. The highest BCUT2D eigenvalue weighted by Crippen LogP contribution is 2.25. The van der Waals surface area contributed by atoms with Crippen molar-refractivity contribution in [1.82, 2.24) is 10.3 Å². The van der Waals surface area contributed by atoms with Crippen LogP contribution in [0.2, 0.25) is 0 Å². The zero-order valence-corrected chi connectivity index (χ0v) is 12.0. The number of nitrogens with one attached hydrogen (secondary N) is 1. The minimum Gasteiger partial charge on any atom is -0.381 e. The monoisotopic (exact) mass is 304 g/mol. The second kappa shape index (κ2) is 5.58. The molecule has 1 aliphatic rings. The number of thiazole rings is 1. The molecule has 0 saturated carbocycles. The number of aromatic nitrogens is 1. The fourth-order valence-corrected chi connectivity index (χ4v) is 3.27. The highest BCUT2D eigenvalue weighted by Gasteiger charge is 2.24. The summed E-state index contributed by atoms with van der Waals surface area (Å²) in [6.45, 7) is 6.20. The maximum Gasteiger partial charge on any atom is 0.110 e. The third kappa shape index (κ3) is 3.03. The average molecular weight is 305 g/mol. The van der Waals surface area contributed by atoms with Gasteiger partial charge in [0.1, 0.15) is 5.01 Å². The summed E-state index contributed by atoms with van der Waals surface area (Å²) in [7, 11) is 0. The first-order valence-corrected chi connectivity index (χ1v) is 7.23. The number of rotatable bonds is 4. The lowest BCUT2D eigenvalue weighted by atomic mass is 10.0. The zero-order chi connectivity index (χ0) is 11.5. The van der Waals surface area contributed by atoms with Gasteiger partial charge in [0.25, 0.3) is 0 Å². The van der Waals surface area contributed by atoms with Crippen LogP contribution in [0.1, 0.15) is 31.3 Å². The first-order chi connectivity index (χ1) is 7.66. The minimum atomic E-state index is 0.312. The molecule has 3 unspecified atom stereocenters. The van der Waals surface area contributed by atoms with Gasteiger partial charge in [-0.05, 0) is 42.1 Å². The lowest BCUT2D eigenvalue weighted by Crippen LogP contribution is -2.35. The van der Waals surface area contributed by atoms with Crippen molar-refractivity contribution in [2.75, 3.05) is 13.2 Å². The molecule has 1 aromatic heterocycles. The number of hydrogen-bond donors (Lipinski definition) is 1. The van der Waals surface area contributed by atoms with Crippen LogP contribution in [0.5, 0.6) is 0 Å². The Morgan fingerprint density at radius 1 is 1.62 bits per heavy atom. The van der Waals surface area contributed by atoms with Gasteiger partial charge in [-0.25, -0.2) is 4.98 Å². The second-order valence-corrected chi connectivity index (χ2v) is 6.74. The van der Waals surface area contributed by atoms with Crippen molar-refractivity contribution >= 4 is 27.3 Å². The topological polar surface area (TPSA) is 34.1 Å². The molecule has 0 aromatic carbocycles. The van der Waals surface area contributed by atoms with Gasteiger partial charge in [0.15, 0.2) is 0 Å². The Labute approximate surface area is 109 Å². The molecule has 1 aliphatic heterocycles. The molecule has 1 saturated heterocycles. The molecular weight excluding hydrogens is 288 g/mol. The summed E-state index contributed by atoms with van der Waals surface area (Å²) >= 11 is 5.13. The molecule has 0 radical (unpaired) electrons. The van der Waals surface area contributed by atoms with E-state index in [4.69, 9.17) is 4.74 Å². The molecule has 0 bridgehead atoms. The summed E-state index contributed by atoms with van der Waals surface area (Å²) in [5.74, 6) is 0.644. The zero-order valence-electron chi connectivity index (χ0n) is 9.57. The summed E-state index contributed by atoms with van der Waals surface area (Å²) < 4.78 is 6.50. The average Bonchev–Trinajstić information content (AvgIpc) is 2.87. The molecule has 3 nitrogen and oxygen atoms in total. The largest absolute Gasteiger partial charge is 0.381 e. The maximum absolute atomic E-state index is 5.41. The SMILES string of the molecule is CC(NC(C)C1CCOC1)c1ncc(Br)s1. The summed E-state index contributed by atoms with van der Waals surface area (Å²) in [6, 6.07) is 0.798. The van der Waals surface area contributed by atoms with Crippen molar-refractivity contribution in [2.45, 2.75) is 32.4 Å². The van der Waals surface area contributed by atoms with Gasteiger partial charge in [0.05, 0.1) is 22.6 Å². The smallest absolute Gasteiger partial charge is 0.110 e. The van der Waals surface area contributed by atoms with E-state index in [-0.39, 0.29) is 0 Å². The molecule has 3 atom stereocenters. The standard InChI is InChI=1S/C11H17BrN2OS/c1-7(9-3-4-15-6-9)14-8(2)11-13-5-10(12)16-11/h5,7-9,14H,3-4,6H2,1-2H3. The highest BCUT2D eigenvalue weighted by molar-refractivity contribution is 9.11. The molecule has 2 rings (SSSR count). The Balaban J connectivity index is 1.88. The van der Waals surface area contributed by atoms with E-state index in [2.05, 4.69) is 40.1 Å². The van der Waals surface area contributed by atoms with Crippen LogP contribution in [-0.2, 0) is 4.74 Å². The Bertz CT molecular complexity index is 338. The van der Waals surface area contributed by atoms with Gasteiger partial charge in [0, 0.05) is 12.6 Å². The number of halogens is 1. The van der Waals surface area contributed by atoms with Gasteiger partial charge in [-0.2, -0.15) is 0 Å². The van der Waals surface area contributed by atoms with Crippen LogP contribution >= 0.6 is 27.3 Å². The van der Waals surface area contributed by atoms with Crippen LogP contribution in [0.15, 0.2) is 9.98 Å². The third-order valence-corrected chi connectivity index (χ3v) is 4.71. The number of hydrogen-bond acceptors (Lipinski definition) is 4. The molecule has 90 valence electrons. The number of ether oxygens (including phenoxy) is 1. The van der Waals surface area contributed by atoms with Crippen LogP contribution in [0, 0.1) is 5.92 Å². The molecule has 1 N–H and O–H groups in total. The Morgan fingerprint density at radius 3 is 3.00 bits per heavy atom. The van der Waals surface area contributed by atoms with Crippen molar-refractivity contribution in [3.05, 3.63) is 15.0 Å². The third-order valence-electron chi connectivity index (χ3n) is 3.05. The van der Waals surface area contributed by atoms with E-state index in [1.54, 1.807) is 11.3 Å². The van der Waals surface area contributed by atoms with E-state index in [0.717, 1.165) is 22.0 Å². The molecule has 16 heavy (non-hydrogen) atoms. The fraction of sp³-hybridized carbons (Fsp3) is 0.727. The molecule has 1 fully saturated rings. The summed E-state index contributed by atoms with van der Waals surface area (Å²) in [5, 5.41) is 4.74. The first-order valence-electron chi connectivity index (χ1n) is 5.62. The van der Waals surface area contributed by atoms with Gasteiger partial charge < -0.3 is 10.1 Å². The van der Waals surface area contributed by atoms with Crippen LogP contribution in [0.4, 0.5) is 0 Å². The summed E-state index contributed by atoms with van der Waals surface area (Å²) in [5.41, 5.74) is 0. The van der Waals surface area contributed by atoms with E-state index in [1.807, 2.05) is 6.20 Å². The quantitative estimate of drug-likeness (QED) is 0.928. The van der Waals surface area contributed by atoms with Gasteiger partial charge in [-0.1, -0.05) is 0 Å². The minimum absolute atomic E-state index is 0.312. The molecule has 0 amide bonds. The predicted octanol–water partition coefficient (Wildman–Crippen LogP) is 2.98. The van der Waals surface area contributed by atoms with Crippen LogP contribution in [-0.4, -0.2) is 24.2 Å². The molecule has 5 heteroatoms. The predicted molar refractivity (Wildman–Crippen MR) is 69.8 cm³/mol. The fourth-order valence-electron chi connectivity index (χ4n) is 2.02. The van der Waals surface area contributed by atoms with Crippen molar-refractivity contribution in [1.29, 1.82) is 0 Å².